The molecule has 0 fully saturated rings. The third kappa shape index (κ3) is 3.00. The lowest BCUT2D eigenvalue weighted by Crippen LogP contribution is -2.07. The second-order valence-corrected chi connectivity index (χ2v) is 5.29. The van der Waals surface area contributed by atoms with E-state index in [1.165, 1.54) is 0 Å². The van der Waals surface area contributed by atoms with Crippen LogP contribution in [0.4, 0.5) is 8.78 Å². The van der Waals surface area contributed by atoms with Crippen LogP contribution in [0.5, 0.6) is 0 Å². The molecule has 1 unspecified atom stereocenters. The van der Waals surface area contributed by atoms with Gasteiger partial charge in [-0.25, -0.2) is 8.78 Å². The van der Waals surface area contributed by atoms with Gasteiger partial charge < -0.3 is 5.11 Å². The number of hydrogen-bond donors (Lipinski definition) is 1. The third-order valence-electron chi connectivity index (χ3n) is 3.44. The van der Waals surface area contributed by atoms with Crippen LogP contribution in [0.25, 0.3) is 0 Å². The first-order chi connectivity index (χ1) is 9.40. The normalized spacial score (nSPS) is 12.5. The number of rotatable bonds is 3. The van der Waals surface area contributed by atoms with Crippen molar-refractivity contribution in [3.8, 4) is 0 Å². The van der Waals surface area contributed by atoms with Crippen molar-refractivity contribution in [2.75, 3.05) is 0 Å². The van der Waals surface area contributed by atoms with E-state index in [1.54, 1.807) is 0 Å². The highest BCUT2D eigenvalue weighted by atomic mass is 35.5. The molecule has 1 N–H and O–H groups in total. The molecule has 0 saturated heterocycles. The summed E-state index contributed by atoms with van der Waals surface area (Å²) in [7, 11) is 0. The van der Waals surface area contributed by atoms with Crippen LogP contribution in [-0.2, 0) is 6.42 Å². The molecule has 1 nitrogen and oxygen atoms in total. The van der Waals surface area contributed by atoms with Crippen LogP contribution in [-0.4, -0.2) is 5.11 Å². The van der Waals surface area contributed by atoms with Crippen LogP contribution < -0.4 is 0 Å². The number of aliphatic hydroxyl groups excluding tert-OH is 1. The van der Waals surface area contributed by atoms with Crippen LogP contribution in [0, 0.1) is 25.5 Å². The molecule has 106 valence electrons. The van der Waals surface area contributed by atoms with E-state index < -0.39 is 17.7 Å². The second-order valence-electron chi connectivity index (χ2n) is 4.88. The predicted octanol–water partition coefficient (Wildman–Crippen LogP) is 4.51. The predicted molar refractivity (Wildman–Crippen MR) is 75.9 cm³/mol. The number of benzene rings is 2. The topological polar surface area (TPSA) is 20.2 Å². The van der Waals surface area contributed by atoms with Crippen LogP contribution >= 0.6 is 11.6 Å². The third-order valence-corrected chi connectivity index (χ3v) is 3.73. The van der Waals surface area contributed by atoms with E-state index in [0.717, 1.165) is 28.8 Å². The van der Waals surface area contributed by atoms with E-state index >= 15 is 0 Å². The van der Waals surface area contributed by atoms with Crippen molar-refractivity contribution in [2.45, 2.75) is 26.4 Å². The molecule has 0 aliphatic rings. The highest BCUT2D eigenvalue weighted by molar-refractivity contribution is 6.30. The summed E-state index contributed by atoms with van der Waals surface area (Å²) in [4.78, 5) is 0. The molecule has 2 aromatic carbocycles. The molecule has 2 aromatic rings. The maximum Gasteiger partial charge on any atom is 0.142 e. The SMILES string of the molecule is Cc1cccc(C)c1CC(O)c1cc(F)c(Cl)cc1F. The minimum absolute atomic E-state index is 0.0745. The summed E-state index contributed by atoms with van der Waals surface area (Å²) in [6.07, 6.45) is -0.877. The van der Waals surface area contributed by atoms with Crippen LogP contribution in [0.2, 0.25) is 5.02 Å². The van der Waals surface area contributed by atoms with E-state index in [2.05, 4.69) is 0 Å². The van der Waals surface area contributed by atoms with Crippen molar-refractivity contribution in [3.63, 3.8) is 0 Å². The van der Waals surface area contributed by atoms with Gasteiger partial charge >= 0.3 is 0 Å². The van der Waals surface area contributed by atoms with Crippen molar-refractivity contribution in [2.24, 2.45) is 0 Å². The van der Waals surface area contributed by atoms with Gasteiger partial charge in [-0.1, -0.05) is 29.8 Å². The highest BCUT2D eigenvalue weighted by Gasteiger charge is 2.18. The fraction of sp³-hybridized carbons (Fsp3) is 0.250. The van der Waals surface area contributed by atoms with Gasteiger partial charge in [0.25, 0.3) is 0 Å². The Kier molecular flexibility index (Phi) is 4.41. The molecule has 0 aliphatic carbocycles. The van der Waals surface area contributed by atoms with Gasteiger partial charge in [0.1, 0.15) is 11.6 Å². The lowest BCUT2D eigenvalue weighted by atomic mass is 9.94. The Balaban J connectivity index is 2.33. The van der Waals surface area contributed by atoms with Gasteiger partial charge in [0.2, 0.25) is 0 Å². The molecule has 0 aromatic heterocycles. The van der Waals surface area contributed by atoms with E-state index in [9.17, 15) is 13.9 Å². The summed E-state index contributed by atoms with van der Waals surface area (Å²) < 4.78 is 27.2. The monoisotopic (exact) mass is 296 g/mol. The Bertz CT molecular complexity index is 620. The Morgan fingerprint density at radius 2 is 1.70 bits per heavy atom. The Morgan fingerprint density at radius 1 is 1.10 bits per heavy atom. The number of aliphatic hydroxyl groups is 1. The standard InChI is InChI=1S/C16H15ClF2O/c1-9-4-3-5-10(2)11(9)7-16(20)12-6-15(19)13(17)8-14(12)18/h3-6,8,16,20H,7H2,1-2H3. The molecule has 0 heterocycles. The average molecular weight is 297 g/mol. The summed E-state index contributed by atoms with van der Waals surface area (Å²) in [5, 5.41) is 9.88. The Morgan fingerprint density at radius 3 is 2.30 bits per heavy atom. The second kappa shape index (κ2) is 5.90. The maximum absolute atomic E-state index is 13.8. The Hall–Kier alpha value is -1.45. The summed E-state index contributed by atoms with van der Waals surface area (Å²) >= 11 is 5.50. The molecule has 0 saturated carbocycles. The van der Waals surface area contributed by atoms with Gasteiger partial charge in [-0.2, -0.15) is 0 Å². The minimum Gasteiger partial charge on any atom is -0.388 e. The molecule has 0 radical (unpaired) electrons. The minimum atomic E-state index is -1.11. The van der Waals surface area contributed by atoms with Gasteiger partial charge in [-0.05, 0) is 42.7 Å². The van der Waals surface area contributed by atoms with Crippen LogP contribution in [0.3, 0.4) is 0 Å². The molecule has 20 heavy (non-hydrogen) atoms. The van der Waals surface area contributed by atoms with E-state index in [0.29, 0.717) is 0 Å². The first-order valence-electron chi connectivity index (χ1n) is 6.27. The largest absolute Gasteiger partial charge is 0.388 e. The molecule has 4 heteroatoms. The zero-order valence-electron chi connectivity index (χ0n) is 11.3. The van der Waals surface area contributed by atoms with Crippen LogP contribution in [0.15, 0.2) is 30.3 Å². The van der Waals surface area contributed by atoms with Crippen molar-refractivity contribution in [1.82, 2.24) is 0 Å². The molecule has 1 atom stereocenters. The summed E-state index contributed by atoms with van der Waals surface area (Å²) in [6, 6.07) is 7.61. The van der Waals surface area contributed by atoms with Crippen molar-refractivity contribution in [3.05, 3.63) is 69.2 Å². The van der Waals surface area contributed by atoms with E-state index in [1.807, 2.05) is 32.0 Å². The zero-order chi connectivity index (χ0) is 14.9. The van der Waals surface area contributed by atoms with Gasteiger partial charge in [0.05, 0.1) is 11.1 Å². The molecule has 0 bridgehead atoms. The molecule has 0 spiro atoms. The smallest absolute Gasteiger partial charge is 0.142 e. The summed E-state index contributed by atoms with van der Waals surface area (Å²) in [6.45, 7) is 3.85. The molecule has 0 amide bonds. The number of halogens is 3. The van der Waals surface area contributed by atoms with E-state index in [4.69, 9.17) is 11.6 Å². The van der Waals surface area contributed by atoms with E-state index in [-0.39, 0.29) is 17.0 Å². The quantitative estimate of drug-likeness (QED) is 0.826. The first-order valence-corrected chi connectivity index (χ1v) is 6.65. The first kappa shape index (κ1) is 14.9. The van der Waals surface area contributed by atoms with Crippen molar-refractivity contribution < 1.29 is 13.9 Å². The molecule has 2 rings (SSSR count). The number of hydrogen-bond acceptors (Lipinski definition) is 1. The van der Waals surface area contributed by atoms with Gasteiger partial charge in [0.15, 0.2) is 0 Å². The van der Waals surface area contributed by atoms with Gasteiger partial charge in [0, 0.05) is 12.0 Å². The zero-order valence-corrected chi connectivity index (χ0v) is 12.0. The van der Waals surface area contributed by atoms with Crippen molar-refractivity contribution >= 4 is 11.6 Å². The van der Waals surface area contributed by atoms with Gasteiger partial charge in [-0.15, -0.1) is 0 Å². The average Bonchev–Trinajstić information content (AvgIpc) is 2.38. The van der Waals surface area contributed by atoms with Gasteiger partial charge in [-0.3, -0.25) is 0 Å². The molecular weight excluding hydrogens is 282 g/mol. The fourth-order valence-electron chi connectivity index (χ4n) is 2.27. The van der Waals surface area contributed by atoms with Crippen LogP contribution in [0.1, 0.15) is 28.4 Å². The van der Waals surface area contributed by atoms with Crippen molar-refractivity contribution in [1.29, 1.82) is 0 Å². The highest BCUT2D eigenvalue weighted by Crippen LogP contribution is 2.27. The molecular formula is C16H15ClF2O. The lowest BCUT2D eigenvalue weighted by Gasteiger charge is -2.16. The fourth-order valence-corrected chi connectivity index (χ4v) is 2.42. The lowest BCUT2D eigenvalue weighted by molar-refractivity contribution is 0.172. The maximum atomic E-state index is 13.8. The Labute approximate surface area is 121 Å². The summed E-state index contributed by atoms with van der Waals surface area (Å²) in [5.41, 5.74) is 2.89. The molecule has 0 aliphatic heterocycles. The summed E-state index contributed by atoms with van der Waals surface area (Å²) in [5.74, 6) is -1.43. The number of aryl methyl sites for hydroxylation is 2.